The van der Waals surface area contributed by atoms with Crippen LogP contribution in [-0.4, -0.2) is 26.4 Å². The lowest BCUT2D eigenvalue weighted by Crippen LogP contribution is -2.18. The fourth-order valence-electron chi connectivity index (χ4n) is 3.41. The van der Waals surface area contributed by atoms with Crippen molar-refractivity contribution in [1.82, 2.24) is 14.8 Å². The van der Waals surface area contributed by atoms with E-state index in [2.05, 4.69) is 33.1 Å². The molecule has 0 bridgehead atoms. The van der Waals surface area contributed by atoms with Crippen LogP contribution in [0.5, 0.6) is 0 Å². The van der Waals surface area contributed by atoms with Crippen molar-refractivity contribution in [3.05, 3.63) is 35.2 Å². The molecule has 1 N–H and O–H groups in total. The van der Waals surface area contributed by atoms with Crippen LogP contribution in [0.2, 0.25) is 0 Å². The van der Waals surface area contributed by atoms with Gasteiger partial charge in [0, 0.05) is 11.7 Å². The Bertz CT molecular complexity index is 750. The van der Waals surface area contributed by atoms with Crippen LogP contribution in [0.25, 0.3) is 0 Å². The number of hydrogen-bond donors (Lipinski definition) is 1. The molecule has 0 saturated heterocycles. The lowest BCUT2D eigenvalue weighted by atomic mass is 9.95. The first-order valence-corrected chi connectivity index (χ1v) is 9.95. The summed E-state index contributed by atoms with van der Waals surface area (Å²) in [6, 6.07) is 6.44. The molecular weight excluding hydrogens is 332 g/mol. The Hall–Kier alpha value is -1.82. The molecular formula is C19H26N4OS. The first-order chi connectivity index (χ1) is 12.1. The molecule has 2 aromatic rings. The summed E-state index contributed by atoms with van der Waals surface area (Å²) in [5, 5.41) is 12.4. The van der Waals surface area contributed by atoms with Crippen LogP contribution < -0.4 is 5.32 Å². The quantitative estimate of drug-likeness (QED) is 0.803. The molecule has 0 radical (unpaired) electrons. The molecule has 25 heavy (non-hydrogen) atoms. The molecule has 3 rings (SSSR count). The summed E-state index contributed by atoms with van der Waals surface area (Å²) in [5.41, 5.74) is 3.18. The number of carbonyl (C=O) groups is 1. The van der Waals surface area contributed by atoms with Crippen LogP contribution in [0.3, 0.4) is 0 Å². The van der Waals surface area contributed by atoms with Gasteiger partial charge in [-0.1, -0.05) is 43.2 Å². The Balaban J connectivity index is 1.63. The highest BCUT2D eigenvalue weighted by molar-refractivity contribution is 7.99. The normalized spacial score (nSPS) is 15.3. The Morgan fingerprint density at radius 2 is 1.96 bits per heavy atom. The van der Waals surface area contributed by atoms with E-state index in [0.29, 0.717) is 11.8 Å². The average Bonchev–Trinajstić information content (AvgIpc) is 2.98. The van der Waals surface area contributed by atoms with Crippen LogP contribution in [0.1, 0.15) is 55.1 Å². The summed E-state index contributed by atoms with van der Waals surface area (Å²) in [7, 11) is 0. The number of nitrogens with one attached hydrogen (secondary N) is 1. The molecule has 0 atom stereocenters. The molecule has 134 valence electrons. The van der Waals surface area contributed by atoms with Gasteiger partial charge < -0.3 is 9.88 Å². The number of hydrogen-bond acceptors (Lipinski definition) is 4. The van der Waals surface area contributed by atoms with E-state index in [-0.39, 0.29) is 5.91 Å². The Morgan fingerprint density at radius 1 is 1.20 bits per heavy atom. The van der Waals surface area contributed by atoms with Crippen LogP contribution in [0, 0.1) is 20.8 Å². The van der Waals surface area contributed by atoms with Crippen LogP contribution in [-0.2, 0) is 4.79 Å². The number of rotatable bonds is 5. The minimum atomic E-state index is -0.00505. The van der Waals surface area contributed by atoms with Gasteiger partial charge in [0.05, 0.1) is 5.75 Å². The number of amides is 1. The third kappa shape index (κ3) is 4.24. The highest BCUT2D eigenvalue weighted by Gasteiger charge is 2.21. The first-order valence-electron chi connectivity index (χ1n) is 8.96. The third-order valence-corrected chi connectivity index (χ3v) is 5.93. The first kappa shape index (κ1) is 18.0. The van der Waals surface area contributed by atoms with E-state index in [4.69, 9.17) is 0 Å². The van der Waals surface area contributed by atoms with E-state index in [1.165, 1.54) is 49.4 Å². The second-order valence-corrected chi connectivity index (χ2v) is 7.72. The minimum absolute atomic E-state index is 0.00505. The fourth-order valence-corrected chi connectivity index (χ4v) is 4.26. The fraction of sp³-hybridized carbons (Fsp3) is 0.526. The molecule has 5 nitrogen and oxygen atoms in total. The Morgan fingerprint density at radius 3 is 2.72 bits per heavy atom. The third-order valence-electron chi connectivity index (χ3n) is 4.99. The zero-order chi connectivity index (χ0) is 17.8. The number of anilines is 1. The van der Waals surface area contributed by atoms with Gasteiger partial charge in [-0.3, -0.25) is 4.79 Å². The summed E-state index contributed by atoms with van der Waals surface area (Å²) in [6.07, 6.45) is 6.21. The van der Waals surface area contributed by atoms with Crippen molar-refractivity contribution in [1.29, 1.82) is 0 Å². The van der Waals surface area contributed by atoms with Crippen molar-refractivity contribution in [3.63, 3.8) is 0 Å². The van der Waals surface area contributed by atoms with Crippen molar-refractivity contribution in [2.45, 2.75) is 64.1 Å². The van der Waals surface area contributed by atoms with E-state index in [9.17, 15) is 4.79 Å². The smallest absolute Gasteiger partial charge is 0.234 e. The number of nitrogens with zero attached hydrogens (tertiary/aromatic N) is 3. The van der Waals surface area contributed by atoms with E-state index >= 15 is 0 Å². The second-order valence-electron chi connectivity index (χ2n) is 6.78. The molecule has 1 aliphatic carbocycles. The predicted octanol–water partition coefficient (Wildman–Crippen LogP) is 4.44. The molecule has 1 fully saturated rings. The van der Waals surface area contributed by atoms with Crippen molar-refractivity contribution in [2.75, 3.05) is 11.1 Å². The Labute approximate surface area is 153 Å². The highest BCUT2D eigenvalue weighted by Crippen LogP contribution is 2.32. The largest absolute Gasteiger partial charge is 0.325 e. The van der Waals surface area contributed by atoms with Crippen LogP contribution in [0.15, 0.2) is 23.4 Å². The van der Waals surface area contributed by atoms with Gasteiger partial charge in [0.1, 0.15) is 5.82 Å². The SMILES string of the molecule is Cc1cccc(NC(=O)CSc2nnc(C)n2C2CCCCC2)c1C. The minimum Gasteiger partial charge on any atom is -0.325 e. The van der Waals surface area contributed by atoms with Gasteiger partial charge in [0.2, 0.25) is 5.91 Å². The average molecular weight is 359 g/mol. The maximum Gasteiger partial charge on any atom is 0.234 e. The number of benzene rings is 1. The van der Waals surface area contributed by atoms with Gasteiger partial charge >= 0.3 is 0 Å². The summed E-state index contributed by atoms with van der Waals surface area (Å²) in [5.74, 6) is 1.29. The van der Waals surface area contributed by atoms with Gasteiger partial charge in [0.15, 0.2) is 5.16 Å². The van der Waals surface area contributed by atoms with E-state index < -0.39 is 0 Å². The summed E-state index contributed by atoms with van der Waals surface area (Å²) < 4.78 is 2.23. The molecule has 1 aromatic carbocycles. The molecule has 1 aliphatic rings. The zero-order valence-corrected chi connectivity index (χ0v) is 16.0. The maximum atomic E-state index is 12.4. The number of aryl methyl sites for hydroxylation is 2. The van der Waals surface area contributed by atoms with Crippen molar-refractivity contribution in [3.8, 4) is 0 Å². The molecule has 1 heterocycles. The van der Waals surface area contributed by atoms with Crippen LogP contribution in [0.4, 0.5) is 5.69 Å². The summed E-state index contributed by atoms with van der Waals surface area (Å²) in [6.45, 7) is 6.08. The molecule has 0 unspecified atom stereocenters. The van der Waals surface area contributed by atoms with E-state index in [0.717, 1.165) is 22.2 Å². The van der Waals surface area contributed by atoms with Gasteiger partial charge in [-0.25, -0.2) is 0 Å². The van der Waals surface area contributed by atoms with Gasteiger partial charge in [-0.15, -0.1) is 10.2 Å². The lowest BCUT2D eigenvalue weighted by Gasteiger charge is -2.24. The standard InChI is InChI=1S/C19H26N4OS/c1-13-8-7-11-17(14(13)2)20-18(24)12-25-19-22-21-15(3)23(19)16-9-5-4-6-10-16/h7-8,11,16H,4-6,9-10,12H2,1-3H3,(H,20,24). The number of aromatic nitrogens is 3. The molecule has 1 aromatic heterocycles. The lowest BCUT2D eigenvalue weighted by molar-refractivity contribution is -0.113. The number of carbonyl (C=O) groups excluding carboxylic acids is 1. The van der Waals surface area contributed by atoms with Crippen molar-refractivity contribution in [2.24, 2.45) is 0 Å². The van der Waals surface area contributed by atoms with Crippen molar-refractivity contribution >= 4 is 23.4 Å². The topological polar surface area (TPSA) is 59.8 Å². The van der Waals surface area contributed by atoms with Gasteiger partial charge in [-0.05, 0) is 50.8 Å². The van der Waals surface area contributed by atoms with E-state index in [1.54, 1.807) is 0 Å². The highest BCUT2D eigenvalue weighted by atomic mass is 32.2. The molecule has 0 aliphatic heterocycles. The molecule has 1 saturated carbocycles. The van der Waals surface area contributed by atoms with Gasteiger partial charge in [0.25, 0.3) is 0 Å². The molecule has 0 spiro atoms. The zero-order valence-electron chi connectivity index (χ0n) is 15.2. The summed E-state index contributed by atoms with van der Waals surface area (Å²) in [4.78, 5) is 12.4. The molecule has 1 amide bonds. The van der Waals surface area contributed by atoms with Crippen LogP contribution >= 0.6 is 11.8 Å². The summed E-state index contributed by atoms with van der Waals surface area (Å²) >= 11 is 1.48. The van der Waals surface area contributed by atoms with Crippen molar-refractivity contribution < 1.29 is 4.79 Å². The van der Waals surface area contributed by atoms with Gasteiger partial charge in [-0.2, -0.15) is 0 Å². The second kappa shape index (κ2) is 8.04. The molecule has 6 heteroatoms. The number of thioether (sulfide) groups is 1. The monoisotopic (exact) mass is 358 g/mol. The van der Waals surface area contributed by atoms with E-state index in [1.807, 2.05) is 26.0 Å². The Kier molecular flexibility index (Phi) is 5.78. The predicted molar refractivity (Wildman–Crippen MR) is 102 cm³/mol. The maximum absolute atomic E-state index is 12.4.